The maximum absolute atomic E-state index is 5.51. The zero-order valence-electron chi connectivity index (χ0n) is 18.2. The van der Waals surface area contributed by atoms with Crippen molar-refractivity contribution < 1.29 is 4.74 Å². The van der Waals surface area contributed by atoms with Crippen LogP contribution in [0, 0.1) is 0 Å². The van der Waals surface area contributed by atoms with Gasteiger partial charge in [0.15, 0.2) is 5.96 Å². The molecule has 2 heterocycles. The molecule has 0 saturated carbocycles. The van der Waals surface area contributed by atoms with E-state index in [2.05, 4.69) is 65.5 Å². The number of benzene rings is 1. The molecule has 2 N–H and O–H groups in total. The van der Waals surface area contributed by atoms with Crippen molar-refractivity contribution >= 4 is 35.6 Å². The summed E-state index contributed by atoms with van der Waals surface area (Å²) in [6, 6.07) is 9.76. The minimum absolute atomic E-state index is 0. The van der Waals surface area contributed by atoms with E-state index in [1.165, 1.54) is 24.1 Å². The molecule has 29 heavy (non-hydrogen) atoms. The number of nitrogens with zero attached hydrogens (tertiary/aromatic N) is 3. The first kappa shape index (κ1) is 24.2. The minimum atomic E-state index is 0. The fourth-order valence-corrected chi connectivity index (χ4v) is 4.00. The second-order valence-corrected chi connectivity index (χ2v) is 7.97. The molecule has 7 heteroatoms. The van der Waals surface area contributed by atoms with Crippen molar-refractivity contribution in [2.45, 2.75) is 52.2 Å². The summed E-state index contributed by atoms with van der Waals surface area (Å²) in [7, 11) is 0. The van der Waals surface area contributed by atoms with Crippen LogP contribution in [0.1, 0.15) is 39.2 Å². The third-order valence-electron chi connectivity index (χ3n) is 5.70. The fraction of sp³-hybridized carbons (Fsp3) is 0.682. The van der Waals surface area contributed by atoms with Crippen LogP contribution in [0.15, 0.2) is 29.3 Å². The van der Waals surface area contributed by atoms with Gasteiger partial charge in [-0.05, 0) is 45.2 Å². The molecule has 0 aromatic heterocycles. The molecule has 0 amide bonds. The van der Waals surface area contributed by atoms with E-state index in [1.54, 1.807) is 0 Å². The van der Waals surface area contributed by atoms with Crippen molar-refractivity contribution in [2.24, 2.45) is 4.99 Å². The number of halogens is 1. The smallest absolute Gasteiger partial charge is 0.191 e. The van der Waals surface area contributed by atoms with E-state index in [4.69, 9.17) is 9.73 Å². The molecule has 0 spiro atoms. The Kier molecular flexibility index (Phi) is 10.5. The maximum Gasteiger partial charge on any atom is 0.191 e. The Bertz CT molecular complexity index is 625. The van der Waals surface area contributed by atoms with Crippen molar-refractivity contribution in [3.8, 4) is 0 Å². The van der Waals surface area contributed by atoms with Crippen molar-refractivity contribution in [3.63, 3.8) is 0 Å². The highest BCUT2D eigenvalue weighted by molar-refractivity contribution is 14.0. The Morgan fingerprint density at radius 1 is 1.14 bits per heavy atom. The molecule has 2 fully saturated rings. The van der Waals surface area contributed by atoms with Crippen LogP contribution in [0.5, 0.6) is 0 Å². The summed E-state index contributed by atoms with van der Waals surface area (Å²) < 4.78 is 5.51. The summed E-state index contributed by atoms with van der Waals surface area (Å²) >= 11 is 0. The summed E-state index contributed by atoms with van der Waals surface area (Å²) in [6.45, 7) is 14.1. The highest BCUT2D eigenvalue weighted by Gasteiger charge is 2.21. The van der Waals surface area contributed by atoms with Gasteiger partial charge in [-0.2, -0.15) is 0 Å². The van der Waals surface area contributed by atoms with E-state index < -0.39 is 0 Å². The molecule has 0 bridgehead atoms. The monoisotopic (exact) mass is 515 g/mol. The topological polar surface area (TPSA) is 52.1 Å². The van der Waals surface area contributed by atoms with Crippen LogP contribution in [-0.4, -0.2) is 68.9 Å². The molecular formula is C22H38IN5O. The minimum Gasteiger partial charge on any atom is -0.378 e. The Labute approximate surface area is 193 Å². The summed E-state index contributed by atoms with van der Waals surface area (Å²) in [5.74, 6) is 0.933. The SMILES string of the molecule is CCNC(=NCc1ccccc1N1CCOCC1)NC1CCN(C(C)C)CC1.I. The van der Waals surface area contributed by atoms with Crippen LogP contribution in [0.25, 0.3) is 0 Å². The summed E-state index contributed by atoms with van der Waals surface area (Å²) in [5, 5.41) is 7.09. The second kappa shape index (κ2) is 12.6. The number of nitrogens with one attached hydrogen (secondary N) is 2. The maximum atomic E-state index is 5.51. The van der Waals surface area contributed by atoms with Gasteiger partial charge in [-0.3, -0.25) is 0 Å². The molecule has 1 aromatic carbocycles. The van der Waals surface area contributed by atoms with E-state index in [9.17, 15) is 0 Å². The zero-order valence-corrected chi connectivity index (χ0v) is 20.5. The van der Waals surface area contributed by atoms with Gasteiger partial charge < -0.3 is 25.2 Å². The number of para-hydroxylation sites is 1. The average Bonchev–Trinajstić information content (AvgIpc) is 2.73. The van der Waals surface area contributed by atoms with Crippen molar-refractivity contribution in [3.05, 3.63) is 29.8 Å². The lowest BCUT2D eigenvalue weighted by molar-refractivity contribution is 0.122. The lowest BCUT2D eigenvalue weighted by Crippen LogP contribution is -2.49. The molecule has 0 aliphatic carbocycles. The molecular weight excluding hydrogens is 477 g/mol. The number of piperidine rings is 1. The van der Waals surface area contributed by atoms with Gasteiger partial charge in [0.25, 0.3) is 0 Å². The van der Waals surface area contributed by atoms with Gasteiger partial charge >= 0.3 is 0 Å². The summed E-state index contributed by atoms with van der Waals surface area (Å²) in [5.41, 5.74) is 2.56. The molecule has 3 rings (SSSR count). The van der Waals surface area contributed by atoms with Crippen LogP contribution >= 0.6 is 24.0 Å². The number of morpholine rings is 1. The van der Waals surface area contributed by atoms with Crippen LogP contribution in [-0.2, 0) is 11.3 Å². The van der Waals surface area contributed by atoms with Gasteiger partial charge in [-0.15, -0.1) is 24.0 Å². The molecule has 2 aliphatic rings. The van der Waals surface area contributed by atoms with Crippen LogP contribution in [0.2, 0.25) is 0 Å². The molecule has 1 aromatic rings. The van der Waals surface area contributed by atoms with Gasteiger partial charge in [0, 0.05) is 50.5 Å². The van der Waals surface area contributed by atoms with E-state index in [0.717, 1.165) is 51.9 Å². The Morgan fingerprint density at radius 3 is 2.48 bits per heavy atom. The van der Waals surface area contributed by atoms with Crippen LogP contribution in [0.3, 0.4) is 0 Å². The van der Waals surface area contributed by atoms with E-state index >= 15 is 0 Å². The van der Waals surface area contributed by atoms with E-state index in [-0.39, 0.29) is 24.0 Å². The standard InChI is InChI=1S/C22H37N5O.HI/c1-4-23-22(25-20-9-11-26(12-10-20)18(2)3)24-17-19-7-5-6-8-21(19)27-13-15-28-16-14-27;/h5-8,18,20H,4,9-17H2,1-3H3,(H2,23,24,25);1H. The van der Waals surface area contributed by atoms with Gasteiger partial charge in [-0.25, -0.2) is 4.99 Å². The number of rotatable bonds is 6. The number of hydrogen-bond donors (Lipinski definition) is 2. The number of aliphatic imine (C=N–C) groups is 1. The quantitative estimate of drug-likeness (QED) is 0.347. The van der Waals surface area contributed by atoms with Crippen LogP contribution < -0.4 is 15.5 Å². The third-order valence-corrected chi connectivity index (χ3v) is 5.70. The molecule has 0 atom stereocenters. The highest BCUT2D eigenvalue weighted by atomic mass is 127. The molecule has 2 saturated heterocycles. The van der Waals surface area contributed by atoms with Crippen molar-refractivity contribution in [2.75, 3.05) is 50.8 Å². The normalized spacial score (nSPS) is 19.2. The predicted octanol–water partition coefficient (Wildman–Crippen LogP) is 3.07. The first-order valence-corrected chi connectivity index (χ1v) is 10.9. The highest BCUT2D eigenvalue weighted by Crippen LogP contribution is 2.22. The third kappa shape index (κ3) is 7.29. The summed E-state index contributed by atoms with van der Waals surface area (Å²) in [4.78, 5) is 9.88. The van der Waals surface area contributed by atoms with Crippen molar-refractivity contribution in [1.29, 1.82) is 0 Å². The van der Waals surface area contributed by atoms with Crippen LogP contribution in [0.4, 0.5) is 5.69 Å². The Morgan fingerprint density at radius 2 is 1.83 bits per heavy atom. The van der Waals surface area contributed by atoms with E-state index in [0.29, 0.717) is 18.6 Å². The number of ether oxygens (including phenoxy) is 1. The second-order valence-electron chi connectivity index (χ2n) is 7.97. The predicted molar refractivity (Wildman–Crippen MR) is 133 cm³/mol. The number of guanidine groups is 1. The van der Waals surface area contributed by atoms with Gasteiger partial charge in [0.05, 0.1) is 19.8 Å². The van der Waals surface area contributed by atoms with Gasteiger partial charge in [0.2, 0.25) is 0 Å². The van der Waals surface area contributed by atoms with Gasteiger partial charge in [0.1, 0.15) is 0 Å². The first-order chi connectivity index (χ1) is 13.7. The molecule has 0 radical (unpaired) electrons. The summed E-state index contributed by atoms with van der Waals surface area (Å²) in [6.07, 6.45) is 2.35. The molecule has 0 unspecified atom stereocenters. The Balaban J connectivity index is 0.00000300. The first-order valence-electron chi connectivity index (χ1n) is 10.9. The number of anilines is 1. The Hall–Kier alpha value is -1.06. The number of hydrogen-bond acceptors (Lipinski definition) is 4. The molecule has 2 aliphatic heterocycles. The lowest BCUT2D eigenvalue weighted by atomic mass is 10.0. The molecule has 164 valence electrons. The fourth-order valence-electron chi connectivity index (χ4n) is 4.00. The van der Waals surface area contributed by atoms with Gasteiger partial charge in [-0.1, -0.05) is 18.2 Å². The average molecular weight is 515 g/mol. The van der Waals surface area contributed by atoms with E-state index in [1.807, 2.05) is 0 Å². The lowest BCUT2D eigenvalue weighted by Gasteiger charge is -2.35. The zero-order chi connectivity index (χ0) is 19.8. The largest absolute Gasteiger partial charge is 0.378 e. The van der Waals surface area contributed by atoms with Crippen molar-refractivity contribution in [1.82, 2.24) is 15.5 Å². The molecule has 6 nitrogen and oxygen atoms in total. The number of likely N-dealkylation sites (tertiary alicyclic amines) is 1.